The number of hydrogen-bond acceptors (Lipinski definition) is 3. The van der Waals surface area contributed by atoms with Crippen molar-refractivity contribution in [3.05, 3.63) is 29.3 Å². The Labute approximate surface area is 114 Å². The Hall–Kier alpha value is -2.18. The van der Waals surface area contributed by atoms with Gasteiger partial charge in [-0.15, -0.1) is 0 Å². The van der Waals surface area contributed by atoms with Crippen LogP contribution >= 0.6 is 0 Å². The monoisotopic (exact) mass is 283 g/mol. The summed E-state index contributed by atoms with van der Waals surface area (Å²) in [7, 11) is 0. The summed E-state index contributed by atoms with van der Waals surface area (Å²) < 4.78 is 27.6. The van der Waals surface area contributed by atoms with Crippen LogP contribution in [0.1, 0.15) is 29.6 Å². The normalized spacial score (nSPS) is 18.9. The molecule has 1 atom stereocenters. The van der Waals surface area contributed by atoms with Gasteiger partial charge in [-0.05, 0) is 31.4 Å². The summed E-state index contributed by atoms with van der Waals surface area (Å²) in [6.45, 7) is 0.236. The molecule has 1 fully saturated rings. The van der Waals surface area contributed by atoms with Crippen molar-refractivity contribution in [2.75, 3.05) is 12.3 Å². The molecular formula is C13H15F2N3O2. The molecule has 0 radical (unpaired) electrons. The van der Waals surface area contributed by atoms with Crippen LogP contribution in [-0.4, -0.2) is 29.3 Å². The van der Waals surface area contributed by atoms with Crippen LogP contribution in [0.2, 0.25) is 0 Å². The molecule has 0 saturated carbocycles. The average Bonchev–Trinajstić information content (AvgIpc) is 2.43. The Bertz CT molecular complexity index is 563. The van der Waals surface area contributed by atoms with E-state index in [1.54, 1.807) is 0 Å². The van der Waals surface area contributed by atoms with Gasteiger partial charge in [0, 0.05) is 6.54 Å². The highest BCUT2D eigenvalue weighted by Gasteiger charge is 2.34. The van der Waals surface area contributed by atoms with Gasteiger partial charge >= 0.3 is 0 Å². The highest BCUT2D eigenvalue weighted by Crippen LogP contribution is 2.24. The van der Waals surface area contributed by atoms with E-state index >= 15 is 0 Å². The van der Waals surface area contributed by atoms with Crippen LogP contribution in [0.25, 0.3) is 0 Å². The third-order valence-electron chi connectivity index (χ3n) is 3.43. The van der Waals surface area contributed by atoms with Crippen molar-refractivity contribution in [2.45, 2.75) is 25.3 Å². The standard InChI is InChI=1S/C13H15F2N3O2/c14-7-4-5-8(16)11(15)10(7)13(20)18-6-2-1-3-9(18)12(17)19/h4-5,9H,1-3,6,16H2,(H2,17,19). The molecular weight excluding hydrogens is 268 g/mol. The molecule has 0 bridgehead atoms. The van der Waals surface area contributed by atoms with Crippen LogP contribution in [0, 0.1) is 11.6 Å². The number of likely N-dealkylation sites (tertiary alicyclic amines) is 1. The van der Waals surface area contributed by atoms with E-state index in [2.05, 4.69) is 0 Å². The van der Waals surface area contributed by atoms with E-state index in [1.165, 1.54) is 0 Å². The summed E-state index contributed by atoms with van der Waals surface area (Å²) in [4.78, 5) is 24.8. The Morgan fingerprint density at radius 1 is 1.25 bits per heavy atom. The smallest absolute Gasteiger partial charge is 0.260 e. The molecule has 1 aliphatic rings. The van der Waals surface area contributed by atoms with Crippen LogP contribution in [-0.2, 0) is 4.79 Å². The van der Waals surface area contributed by atoms with Crippen LogP contribution in [0.3, 0.4) is 0 Å². The number of benzene rings is 1. The van der Waals surface area contributed by atoms with E-state index in [4.69, 9.17) is 11.5 Å². The molecule has 2 amide bonds. The molecule has 0 aliphatic carbocycles. The van der Waals surface area contributed by atoms with Gasteiger partial charge in [0.1, 0.15) is 17.4 Å². The number of nitrogens with two attached hydrogens (primary N) is 2. The molecule has 1 aliphatic heterocycles. The number of anilines is 1. The summed E-state index contributed by atoms with van der Waals surface area (Å²) in [5.41, 5.74) is 9.53. The maximum Gasteiger partial charge on any atom is 0.260 e. The fourth-order valence-electron chi connectivity index (χ4n) is 2.38. The van der Waals surface area contributed by atoms with Gasteiger partial charge in [-0.1, -0.05) is 0 Å². The van der Waals surface area contributed by atoms with Gasteiger partial charge in [0.05, 0.1) is 5.69 Å². The molecule has 0 aromatic heterocycles. The highest BCUT2D eigenvalue weighted by molar-refractivity contribution is 5.98. The van der Waals surface area contributed by atoms with Gasteiger partial charge in [-0.25, -0.2) is 8.78 Å². The van der Waals surface area contributed by atoms with E-state index in [0.717, 1.165) is 23.5 Å². The van der Waals surface area contributed by atoms with Gasteiger partial charge in [-0.3, -0.25) is 9.59 Å². The minimum absolute atomic E-state index is 0.236. The first-order valence-corrected chi connectivity index (χ1v) is 6.27. The maximum absolute atomic E-state index is 13.9. The van der Waals surface area contributed by atoms with Crippen LogP contribution in [0.5, 0.6) is 0 Å². The van der Waals surface area contributed by atoms with Crippen molar-refractivity contribution in [3.8, 4) is 0 Å². The number of hydrogen-bond donors (Lipinski definition) is 2. The Morgan fingerprint density at radius 2 is 1.95 bits per heavy atom. The van der Waals surface area contributed by atoms with Crippen LogP contribution in [0.15, 0.2) is 12.1 Å². The predicted octanol–water partition coefficient (Wildman–Crippen LogP) is 1.03. The molecule has 1 heterocycles. The maximum atomic E-state index is 13.9. The molecule has 1 aromatic rings. The summed E-state index contributed by atoms with van der Waals surface area (Å²) in [5.74, 6) is -3.68. The average molecular weight is 283 g/mol. The minimum Gasteiger partial charge on any atom is -0.396 e. The zero-order chi connectivity index (χ0) is 14.9. The summed E-state index contributed by atoms with van der Waals surface area (Å²) in [6, 6.07) is 1.13. The van der Waals surface area contributed by atoms with Gasteiger partial charge in [0.2, 0.25) is 5.91 Å². The third-order valence-corrected chi connectivity index (χ3v) is 3.43. The summed E-state index contributed by atoms with van der Waals surface area (Å²) in [5, 5.41) is 0. The Kier molecular flexibility index (Phi) is 3.87. The van der Waals surface area contributed by atoms with E-state index < -0.39 is 35.1 Å². The van der Waals surface area contributed by atoms with E-state index in [0.29, 0.717) is 12.8 Å². The molecule has 1 saturated heterocycles. The lowest BCUT2D eigenvalue weighted by molar-refractivity contribution is -0.123. The lowest BCUT2D eigenvalue weighted by Gasteiger charge is -2.33. The van der Waals surface area contributed by atoms with Crippen molar-refractivity contribution in [2.24, 2.45) is 5.73 Å². The minimum atomic E-state index is -1.11. The molecule has 108 valence electrons. The summed E-state index contributed by atoms with van der Waals surface area (Å²) >= 11 is 0. The summed E-state index contributed by atoms with van der Waals surface area (Å²) in [6.07, 6.45) is 1.78. The van der Waals surface area contributed by atoms with Gasteiger partial charge < -0.3 is 16.4 Å². The van der Waals surface area contributed by atoms with Gasteiger partial charge in [-0.2, -0.15) is 0 Å². The zero-order valence-electron chi connectivity index (χ0n) is 10.7. The number of amides is 2. The molecule has 20 heavy (non-hydrogen) atoms. The molecule has 4 N–H and O–H groups in total. The van der Waals surface area contributed by atoms with Crippen molar-refractivity contribution in [1.29, 1.82) is 0 Å². The van der Waals surface area contributed by atoms with E-state index in [1.807, 2.05) is 0 Å². The molecule has 2 rings (SSSR count). The number of carbonyl (C=O) groups excluding carboxylic acids is 2. The topological polar surface area (TPSA) is 89.4 Å². The number of halogens is 2. The van der Waals surface area contributed by atoms with Crippen LogP contribution in [0.4, 0.5) is 14.5 Å². The van der Waals surface area contributed by atoms with E-state index in [-0.39, 0.29) is 12.2 Å². The number of carbonyl (C=O) groups is 2. The molecule has 0 spiro atoms. The first-order chi connectivity index (χ1) is 9.43. The number of piperidine rings is 1. The number of primary amides is 1. The van der Waals surface area contributed by atoms with Gasteiger partial charge in [0.25, 0.3) is 5.91 Å². The first kappa shape index (κ1) is 14.2. The quantitative estimate of drug-likeness (QED) is 0.794. The van der Waals surface area contributed by atoms with Crippen LogP contribution < -0.4 is 11.5 Å². The highest BCUT2D eigenvalue weighted by atomic mass is 19.1. The Balaban J connectivity index is 2.40. The molecule has 5 nitrogen and oxygen atoms in total. The van der Waals surface area contributed by atoms with Crippen molar-refractivity contribution >= 4 is 17.5 Å². The SMILES string of the molecule is NC(=O)C1CCCCN1C(=O)c1c(F)ccc(N)c1F. The Morgan fingerprint density at radius 3 is 2.60 bits per heavy atom. The molecule has 1 aromatic carbocycles. The van der Waals surface area contributed by atoms with Crippen molar-refractivity contribution < 1.29 is 18.4 Å². The zero-order valence-corrected chi connectivity index (χ0v) is 10.7. The second kappa shape index (κ2) is 5.44. The van der Waals surface area contributed by atoms with Crippen molar-refractivity contribution in [3.63, 3.8) is 0 Å². The number of nitrogen functional groups attached to an aromatic ring is 1. The second-order valence-electron chi connectivity index (χ2n) is 4.74. The van der Waals surface area contributed by atoms with Crippen molar-refractivity contribution in [1.82, 2.24) is 4.90 Å². The second-order valence-corrected chi connectivity index (χ2v) is 4.74. The largest absolute Gasteiger partial charge is 0.396 e. The molecule has 7 heteroatoms. The van der Waals surface area contributed by atoms with Gasteiger partial charge in [0.15, 0.2) is 5.82 Å². The van der Waals surface area contributed by atoms with E-state index in [9.17, 15) is 18.4 Å². The third kappa shape index (κ3) is 2.43. The lowest BCUT2D eigenvalue weighted by atomic mass is 10.00. The lowest BCUT2D eigenvalue weighted by Crippen LogP contribution is -2.50. The molecule has 1 unspecified atom stereocenters. The first-order valence-electron chi connectivity index (χ1n) is 6.27. The number of rotatable bonds is 2. The predicted molar refractivity (Wildman–Crippen MR) is 68.6 cm³/mol. The fourth-order valence-corrected chi connectivity index (χ4v) is 2.38. The fraction of sp³-hybridized carbons (Fsp3) is 0.385. The number of nitrogens with zero attached hydrogens (tertiary/aromatic N) is 1.